The maximum absolute atomic E-state index is 5.96. The molecule has 1 aliphatic heterocycles. The second-order valence-electron chi connectivity index (χ2n) is 6.04. The van der Waals surface area contributed by atoms with E-state index in [1.165, 1.54) is 44.9 Å². The van der Waals surface area contributed by atoms with Crippen LogP contribution in [-0.2, 0) is 9.47 Å². The first kappa shape index (κ1) is 15.3. The first-order valence-electron chi connectivity index (χ1n) is 7.83. The highest BCUT2D eigenvalue weighted by atomic mass is 35.5. The number of allylic oxidation sites excluding steroid dienone is 1. The van der Waals surface area contributed by atoms with Gasteiger partial charge in [0.05, 0.1) is 13.2 Å². The fraction of sp³-hybridized carbons (Fsp3) is 0.875. The number of hydrogen-bond acceptors (Lipinski definition) is 2. The van der Waals surface area contributed by atoms with E-state index < -0.39 is 0 Å². The van der Waals surface area contributed by atoms with Crippen molar-refractivity contribution in [1.82, 2.24) is 0 Å². The first-order valence-corrected chi connectivity index (χ1v) is 8.27. The summed E-state index contributed by atoms with van der Waals surface area (Å²) in [7, 11) is 0. The van der Waals surface area contributed by atoms with Gasteiger partial charge in [0.25, 0.3) is 0 Å². The van der Waals surface area contributed by atoms with Crippen LogP contribution in [0.25, 0.3) is 0 Å². The Labute approximate surface area is 122 Å². The second kappa shape index (κ2) is 8.28. The van der Waals surface area contributed by atoms with E-state index in [9.17, 15) is 0 Å². The molecule has 0 unspecified atom stereocenters. The van der Waals surface area contributed by atoms with Crippen LogP contribution < -0.4 is 0 Å². The summed E-state index contributed by atoms with van der Waals surface area (Å²) >= 11 is 5.65. The summed E-state index contributed by atoms with van der Waals surface area (Å²) in [6, 6.07) is 0. The van der Waals surface area contributed by atoms with Gasteiger partial charge in [-0.15, -0.1) is 0 Å². The molecular weight excluding hydrogens is 260 g/mol. The fourth-order valence-electron chi connectivity index (χ4n) is 3.20. The van der Waals surface area contributed by atoms with Crippen LogP contribution in [0.15, 0.2) is 11.6 Å². The standard InChI is InChI=1S/C16H27ClO2/c1-2-3-4-14-11-18-16(19-12-14)15-7-5-13(6-8-15)9-10-17/h9-10,13-16H,2-8,11-12H2,1H3. The molecule has 110 valence electrons. The third kappa shape index (κ3) is 4.77. The highest BCUT2D eigenvalue weighted by Gasteiger charge is 2.31. The van der Waals surface area contributed by atoms with Gasteiger partial charge in [0, 0.05) is 17.4 Å². The minimum absolute atomic E-state index is 0.0545. The zero-order valence-corrected chi connectivity index (χ0v) is 12.8. The Balaban J connectivity index is 1.68. The Bertz CT molecular complexity index is 264. The average Bonchev–Trinajstić information content (AvgIpc) is 2.47. The Hall–Kier alpha value is -0.0500. The van der Waals surface area contributed by atoms with Crippen molar-refractivity contribution in [2.75, 3.05) is 13.2 Å². The van der Waals surface area contributed by atoms with E-state index in [0.717, 1.165) is 13.2 Å². The van der Waals surface area contributed by atoms with Gasteiger partial charge in [-0.25, -0.2) is 0 Å². The smallest absolute Gasteiger partial charge is 0.160 e. The Morgan fingerprint density at radius 2 is 1.79 bits per heavy atom. The lowest BCUT2D eigenvalue weighted by Crippen LogP contribution is -2.38. The summed E-state index contributed by atoms with van der Waals surface area (Å²) in [6.45, 7) is 4.03. The largest absolute Gasteiger partial charge is 0.352 e. The third-order valence-electron chi connectivity index (χ3n) is 4.50. The number of hydrogen-bond donors (Lipinski definition) is 0. The van der Waals surface area contributed by atoms with Crippen molar-refractivity contribution in [3.63, 3.8) is 0 Å². The summed E-state index contributed by atoms with van der Waals surface area (Å²) in [5.74, 6) is 1.87. The quantitative estimate of drug-likeness (QED) is 0.728. The molecule has 2 aliphatic rings. The lowest BCUT2D eigenvalue weighted by molar-refractivity contribution is -0.229. The summed E-state index contributed by atoms with van der Waals surface area (Å²) in [6.07, 6.45) is 10.8. The minimum atomic E-state index is 0.0545. The lowest BCUT2D eigenvalue weighted by atomic mass is 9.81. The molecule has 0 aromatic carbocycles. The molecular formula is C16H27ClO2. The highest BCUT2D eigenvalue weighted by Crippen LogP contribution is 2.34. The van der Waals surface area contributed by atoms with Crippen molar-refractivity contribution in [3.05, 3.63) is 11.6 Å². The molecule has 1 heterocycles. The molecule has 0 amide bonds. The van der Waals surface area contributed by atoms with Crippen LogP contribution in [0.1, 0.15) is 51.9 Å². The number of rotatable bonds is 5. The SMILES string of the molecule is CCCCC1COC(C2CCC(C=CCl)CC2)OC1. The zero-order valence-electron chi connectivity index (χ0n) is 12.0. The van der Waals surface area contributed by atoms with Gasteiger partial charge in [0.1, 0.15) is 0 Å². The van der Waals surface area contributed by atoms with E-state index in [1.54, 1.807) is 5.54 Å². The summed E-state index contributed by atoms with van der Waals surface area (Å²) in [5, 5.41) is 0. The van der Waals surface area contributed by atoms with Crippen molar-refractivity contribution >= 4 is 11.6 Å². The van der Waals surface area contributed by atoms with Crippen LogP contribution in [0.2, 0.25) is 0 Å². The van der Waals surface area contributed by atoms with Crippen LogP contribution in [0, 0.1) is 17.8 Å². The monoisotopic (exact) mass is 286 g/mol. The van der Waals surface area contributed by atoms with E-state index >= 15 is 0 Å². The molecule has 0 atom stereocenters. The summed E-state index contributed by atoms with van der Waals surface area (Å²) in [4.78, 5) is 0. The molecule has 2 nitrogen and oxygen atoms in total. The van der Waals surface area contributed by atoms with Crippen molar-refractivity contribution in [2.45, 2.75) is 58.2 Å². The Morgan fingerprint density at radius 3 is 2.37 bits per heavy atom. The molecule has 0 spiro atoms. The molecule has 3 heteroatoms. The van der Waals surface area contributed by atoms with E-state index in [4.69, 9.17) is 21.1 Å². The maximum Gasteiger partial charge on any atom is 0.160 e. The van der Waals surface area contributed by atoms with Gasteiger partial charge in [-0.1, -0.05) is 37.4 Å². The predicted octanol–water partition coefficient (Wildman–Crippen LogP) is 4.72. The maximum atomic E-state index is 5.96. The van der Waals surface area contributed by atoms with Crippen LogP contribution in [0.3, 0.4) is 0 Å². The summed E-state index contributed by atoms with van der Waals surface area (Å²) < 4.78 is 11.9. The van der Waals surface area contributed by atoms with Gasteiger partial charge in [0.15, 0.2) is 6.29 Å². The number of unbranched alkanes of at least 4 members (excludes halogenated alkanes) is 1. The van der Waals surface area contributed by atoms with Crippen molar-refractivity contribution < 1.29 is 9.47 Å². The third-order valence-corrected chi connectivity index (χ3v) is 4.65. The van der Waals surface area contributed by atoms with Crippen molar-refractivity contribution in [1.29, 1.82) is 0 Å². The van der Waals surface area contributed by atoms with Gasteiger partial charge in [0.2, 0.25) is 0 Å². The van der Waals surface area contributed by atoms with E-state index in [-0.39, 0.29) is 6.29 Å². The molecule has 2 fully saturated rings. The average molecular weight is 287 g/mol. The summed E-state index contributed by atoms with van der Waals surface area (Å²) in [5.41, 5.74) is 1.66. The van der Waals surface area contributed by atoms with Crippen LogP contribution in [-0.4, -0.2) is 19.5 Å². The molecule has 0 N–H and O–H groups in total. The van der Waals surface area contributed by atoms with Crippen LogP contribution >= 0.6 is 11.6 Å². The van der Waals surface area contributed by atoms with Crippen molar-refractivity contribution in [2.24, 2.45) is 17.8 Å². The van der Waals surface area contributed by atoms with Crippen LogP contribution in [0.4, 0.5) is 0 Å². The Morgan fingerprint density at radius 1 is 1.11 bits per heavy atom. The fourth-order valence-corrected chi connectivity index (χ4v) is 3.41. The van der Waals surface area contributed by atoms with Gasteiger partial charge >= 0.3 is 0 Å². The van der Waals surface area contributed by atoms with E-state index in [2.05, 4.69) is 13.0 Å². The molecule has 0 bridgehead atoms. The number of halogens is 1. The predicted molar refractivity (Wildman–Crippen MR) is 79.1 cm³/mol. The molecule has 0 aromatic rings. The molecule has 19 heavy (non-hydrogen) atoms. The minimum Gasteiger partial charge on any atom is -0.352 e. The normalized spacial score (nSPS) is 36.7. The van der Waals surface area contributed by atoms with E-state index in [0.29, 0.717) is 17.8 Å². The molecule has 1 aliphatic carbocycles. The van der Waals surface area contributed by atoms with Crippen LogP contribution in [0.5, 0.6) is 0 Å². The molecule has 2 rings (SSSR count). The zero-order chi connectivity index (χ0) is 13.5. The second-order valence-corrected chi connectivity index (χ2v) is 6.29. The highest BCUT2D eigenvalue weighted by molar-refractivity contribution is 6.25. The molecule has 1 saturated carbocycles. The molecule has 0 aromatic heterocycles. The first-order chi connectivity index (χ1) is 9.33. The molecule has 1 saturated heterocycles. The topological polar surface area (TPSA) is 18.5 Å². The lowest BCUT2D eigenvalue weighted by Gasteiger charge is -2.37. The van der Waals surface area contributed by atoms with Gasteiger partial charge in [-0.2, -0.15) is 0 Å². The number of ether oxygens (including phenoxy) is 2. The van der Waals surface area contributed by atoms with E-state index in [1.807, 2.05) is 0 Å². The molecule has 0 radical (unpaired) electrons. The van der Waals surface area contributed by atoms with Gasteiger partial charge < -0.3 is 9.47 Å². The van der Waals surface area contributed by atoms with Crippen molar-refractivity contribution in [3.8, 4) is 0 Å². The van der Waals surface area contributed by atoms with Gasteiger partial charge in [-0.05, 0) is 38.0 Å². The Kier molecular flexibility index (Phi) is 6.69. The van der Waals surface area contributed by atoms with Gasteiger partial charge in [-0.3, -0.25) is 0 Å².